The van der Waals surface area contributed by atoms with Crippen molar-refractivity contribution in [3.8, 4) is 0 Å². The Labute approximate surface area is 91.4 Å². The van der Waals surface area contributed by atoms with Crippen molar-refractivity contribution >= 4 is 23.5 Å². The second-order valence-corrected chi connectivity index (χ2v) is 3.30. The Morgan fingerprint density at radius 2 is 2.13 bits per heavy atom. The Hall–Kier alpha value is -1.55. The molecule has 0 amide bonds. The zero-order valence-electron chi connectivity index (χ0n) is 7.77. The molecular weight excluding hydrogens is 220 g/mol. The van der Waals surface area contributed by atoms with Gasteiger partial charge < -0.3 is 9.84 Å². The number of carbonyl (C=O) groups is 2. The van der Waals surface area contributed by atoms with Gasteiger partial charge in [0, 0.05) is 5.02 Å². The average molecular weight is 229 g/mol. The molecule has 0 atom stereocenters. The van der Waals surface area contributed by atoms with Gasteiger partial charge in [-0.1, -0.05) is 23.7 Å². The maximum Gasteiger partial charge on any atom is 0.341 e. The van der Waals surface area contributed by atoms with Gasteiger partial charge in [0.1, 0.15) is 0 Å². The molecule has 1 rings (SSSR count). The fourth-order valence-corrected chi connectivity index (χ4v) is 1.22. The highest BCUT2D eigenvalue weighted by atomic mass is 35.5. The fraction of sp³-hybridized carbons (Fsp3) is 0.200. The number of carbonyl (C=O) groups excluding carboxylic acids is 1. The smallest absolute Gasteiger partial charge is 0.341 e. The molecule has 1 aromatic rings. The van der Waals surface area contributed by atoms with Gasteiger partial charge in [-0.25, -0.2) is 4.79 Å². The number of hydrogen-bond acceptors (Lipinski definition) is 3. The van der Waals surface area contributed by atoms with E-state index in [-0.39, 0.29) is 6.42 Å². The largest absolute Gasteiger partial charge is 0.479 e. The van der Waals surface area contributed by atoms with Gasteiger partial charge in [-0.3, -0.25) is 4.79 Å². The maximum atomic E-state index is 11.1. The molecule has 0 heterocycles. The molecule has 1 aromatic carbocycles. The van der Waals surface area contributed by atoms with Crippen LogP contribution in [0.5, 0.6) is 0 Å². The van der Waals surface area contributed by atoms with Crippen LogP contribution < -0.4 is 0 Å². The molecule has 0 aliphatic rings. The summed E-state index contributed by atoms with van der Waals surface area (Å²) in [6.45, 7) is -0.612. The molecule has 0 fully saturated rings. The van der Waals surface area contributed by atoms with Crippen LogP contribution in [0.4, 0.5) is 0 Å². The molecule has 80 valence electrons. The highest BCUT2D eigenvalue weighted by molar-refractivity contribution is 6.30. The standard InChI is InChI=1S/C10H9ClO4/c11-8-3-1-2-7(4-8)5-10(14)15-6-9(12)13/h1-4H,5-6H2,(H,12,13). The lowest BCUT2D eigenvalue weighted by molar-refractivity contribution is -0.154. The van der Waals surface area contributed by atoms with Crippen molar-refractivity contribution < 1.29 is 19.4 Å². The van der Waals surface area contributed by atoms with Crippen LogP contribution in [0.25, 0.3) is 0 Å². The second kappa shape index (κ2) is 5.36. The predicted octanol–water partition coefficient (Wildman–Crippen LogP) is 1.51. The summed E-state index contributed by atoms with van der Waals surface area (Å²) in [6.07, 6.45) is 0.0217. The molecular formula is C10H9ClO4. The highest BCUT2D eigenvalue weighted by Gasteiger charge is 2.07. The maximum absolute atomic E-state index is 11.1. The normalized spacial score (nSPS) is 9.67. The summed E-state index contributed by atoms with van der Waals surface area (Å²) < 4.78 is 4.47. The summed E-state index contributed by atoms with van der Waals surface area (Å²) in [7, 11) is 0. The first kappa shape index (κ1) is 11.5. The van der Waals surface area contributed by atoms with Crippen LogP contribution >= 0.6 is 11.6 Å². The molecule has 0 aliphatic heterocycles. The quantitative estimate of drug-likeness (QED) is 0.794. The van der Waals surface area contributed by atoms with E-state index in [4.69, 9.17) is 16.7 Å². The summed E-state index contributed by atoms with van der Waals surface area (Å²) >= 11 is 5.71. The lowest BCUT2D eigenvalue weighted by Crippen LogP contribution is -2.14. The highest BCUT2D eigenvalue weighted by Crippen LogP contribution is 2.11. The Kier molecular flexibility index (Phi) is 4.12. The van der Waals surface area contributed by atoms with Gasteiger partial charge in [-0.2, -0.15) is 0 Å². The SMILES string of the molecule is O=C(O)COC(=O)Cc1cccc(Cl)c1. The monoisotopic (exact) mass is 228 g/mol. The van der Waals surface area contributed by atoms with E-state index in [1.54, 1.807) is 24.3 Å². The molecule has 0 radical (unpaired) electrons. The van der Waals surface area contributed by atoms with E-state index in [0.717, 1.165) is 0 Å². The number of rotatable bonds is 4. The predicted molar refractivity (Wildman–Crippen MR) is 53.8 cm³/mol. The first-order chi connectivity index (χ1) is 7.08. The lowest BCUT2D eigenvalue weighted by Gasteiger charge is -2.02. The first-order valence-electron chi connectivity index (χ1n) is 4.20. The van der Waals surface area contributed by atoms with Crippen LogP contribution in [0.15, 0.2) is 24.3 Å². The minimum Gasteiger partial charge on any atom is -0.479 e. The third kappa shape index (κ3) is 4.46. The van der Waals surface area contributed by atoms with E-state index in [0.29, 0.717) is 10.6 Å². The molecule has 0 saturated carbocycles. The van der Waals surface area contributed by atoms with E-state index in [1.165, 1.54) is 0 Å². The van der Waals surface area contributed by atoms with Crippen LogP contribution in [-0.4, -0.2) is 23.7 Å². The number of halogens is 1. The van der Waals surface area contributed by atoms with Gasteiger partial charge in [0.15, 0.2) is 6.61 Å². The number of hydrogen-bond donors (Lipinski definition) is 1. The third-order valence-electron chi connectivity index (χ3n) is 1.59. The first-order valence-corrected chi connectivity index (χ1v) is 4.57. The van der Waals surface area contributed by atoms with Gasteiger partial charge in [-0.05, 0) is 17.7 Å². The molecule has 5 heteroatoms. The fourth-order valence-electron chi connectivity index (χ4n) is 1.01. The summed E-state index contributed by atoms with van der Waals surface area (Å²) in [5.41, 5.74) is 0.692. The molecule has 15 heavy (non-hydrogen) atoms. The van der Waals surface area contributed by atoms with Gasteiger partial charge in [0.2, 0.25) is 0 Å². The minimum atomic E-state index is -1.17. The number of esters is 1. The van der Waals surface area contributed by atoms with Gasteiger partial charge in [0.05, 0.1) is 6.42 Å². The Morgan fingerprint density at radius 1 is 1.40 bits per heavy atom. The molecule has 0 bridgehead atoms. The molecule has 0 unspecified atom stereocenters. The summed E-state index contributed by atoms with van der Waals surface area (Å²) in [5, 5.41) is 8.80. The van der Waals surface area contributed by atoms with Crippen LogP contribution in [0.3, 0.4) is 0 Å². The Morgan fingerprint density at radius 3 is 2.73 bits per heavy atom. The van der Waals surface area contributed by atoms with Crippen molar-refractivity contribution in [2.24, 2.45) is 0 Å². The Bertz CT molecular complexity index is 375. The zero-order valence-corrected chi connectivity index (χ0v) is 8.53. The van der Waals surface area contributed by atoms with Crippen molar-refractivity contribution in [1.29, 1.82) is 0 Å². The second-order valence-electron chi connectivity index (χ2n) is 2.86. The molecule has 0 spiro atoms. The minimum absolute atomic E-state index is 0.0217. The molecule has 1 N–H and O–H groups in total. The van der Waals surface area contributed by atoms with E-state index >= 15 is 0 Å². The Balaban J connectivity index is 2.48. The lowest BCUT2D eigenvalue weighted by atomic mass is 10.1. The van der Waals surface area contributed by atoms with Crippen molar-refractivity contribution in [3.63, 3.8) is 0 Å². The van der Waals surface area contributed by atoms with Gasteiger partial charge in [-0.15, -0.1) is 0 Å². The van der Waals surface area contributed by atoms with Crippen LogP contribution in [-0.2, 0) is 20.7 Å². The topological polar surface area (TPSA) is 63.6 Å². The summed E-state index contributed by atoms with van der Waals surface area (Å²) in [4.78, 5) is 21.2. The number of benzene rings is 1. The molecule has 0 aromatic heterocycles. The zero-order chi connectivity index (χ0) is 11.3. The van der Waals surface area contributed by atoms with E-state index in [2.05, 4.69) is 4.74 Å². The van der Waals surface area contributed by atoms with Crippen molar-refractivity contribution in [2.75, 3.05) is 6.61 Å². The average Bonchev–Trinajstić information content (AvgIpc) is 2.15. The van der Waals surface area contributed by atoms with E-state index in [9.17, 15) is 9.59 Å². The van der Waals surface area contributed by atoms with Crippen LogP contribution in [0, 0.1) is 0 Å². The number of ether oxygens (including phenoxy) is 1. The molecule has 4 nitrogen and oxygen atoms in total. The summed E-state index contributed by atoms with van der Waals surface area (Å²) in [6, 6.07) is 6.74. The summed E-state index contributed by atoms with van der Waals surface area (Å²) in [5.74, 6) is -1.76. The van der Waals surface area contributed by atoms with Gasteiger partial charge in [0.25, 0.3) is 0 Å². The third-order valence-corrected chi connectivity index (χ3v) is 1.83. The van der Waals surface area contributed by atoms with Crippen LogP contribution in [0.2, 0.25) is 5.02 Å². The van der Waals surface area contributed by atoms with Crippen molar-refractivity contribution in [1.82, 2.24) is 0 Å². The number of aliphatic carboxylic acids is 1. The van der Waals surface area contributed by atoms with Crippen molar-refractivity contribution in [3.05, 3.63) is 34.9 Å². The van der Waals surface area contributed by atoms with E-state index in [1.807, 2.05) is 0 Å². The van der Waals surface area contributed by atoms with Crippen LogP contribution in [0.1, 0.15) is 5.56 Å². The number of carboxylic acid groups (broad SMARTS) is 1. The van der Waals surface area contributed by atoms with E-state index < -0.39 is 18.5 Å². The van der Waals surface area contributed by atoms with Crippen molar-refractivity contribution in [2.45, 2.75) is 6.42 Å². The molecule has 0 saturated heterocycles. The van der Waals surface area contributed by atoms with Gasteiger partial charge >= 0.3 is 11.9 Å². The molecule has 0 aliphatic carbocycles. The number of carboxylic acids is 1.